The SMILES string of the molecule is Cc1nc(C)c(-c2csc(Nc3ccc(C(=O)N4[C@@H]5CCC[C@H]4CC(Oc4ncc(C(F)(F)F)cn4)C5)cn3)n2)s1. The van der Waals surface area contributed by atoms with Crippen molar-refractivity contribution in [1.29, 1.82) is 0 Å². The van der Waals surface area contributed by atoms with Crippen LogP contribution in [0.3, 0.4) is 0 Å². The van der Waals surface area contributed by atoms with Crippen LogP contribution in [0.2, 0.25) is 0 Å². The van der Waals surface area contributed by atoms with Crippen LogP contribution in [0.4, 0.5) is 24.1 Å². The van der Waals surface area contributed by atoms with Crippen LogP contribution in [0.1, 0.15) is 58.7 Å². The lowest BCUT2D eigenvalue weighted by molar-refractivity contribution is -0.138. The maximum Gasteiger partial charge on any atom is 0.419 e. The Morgan fingerprint density at radius 2 is 1.78 bits per heavy atom. The predicted octanol–water partition coefficient (Wildman–Crippen LogP) is 6.44. The Balaban J connectivity index is 1.09. The van der Waals surface area contributed by atoms with Gasteiger partial charge in [-0.2, -0.15) is 13.2 Å². The first kappa shape index (κ1) is 27.5. The Morgan fingerprint density at radius 3 is 2.39 bits per heavy atom. The van der Waals surface area contributed by atoms with E-state index < -0.39 is 11.7 Å². The molecule has 4 aromatic heterocycles. The summed E-state index contributed by atoms with van der Waals surface area (Å²) in [6.07, 6.45) is 2.02. The van der Waals surface area contributed by atoms with Crippen LogP contribution in [0.15, 0.2) is 36.1 Å². The number of thiazole rings is 2. The maximum absolute atomic E-state index is 13.6. The number of aromatic nitrogens is 5. The zero-order valence-corrected chi connectivity index (χ0v) is 23.8. The molecule has 9 nitrogen and oxygen atoms in total. The fourth-order valence-electron chi connectivity index (χ4n) is 5.49. The lowest BCUT2D eigenvalue weighted by Gasteiger charge is -2.48. The molecule has 0 aromatic carbocycles. The molecular weight excluding hydrogens is 575 g/mol. The fraction of sp³-hybridized carbons (Fsp3) is 0.407. The molecule has 1 N–H and O–H groups in total. The molecule has 41 heavy (non-hydrogen) atoms. The summed E-state index contributed by atoms with van der Waals surface area (Å²) in [6, 6.07) is 3.36. The molecule has 3 atom stereocenters. The number of nitrogens with one attached hydrogen (secondary N) is 1. The van der Waals surface area contributed by atoms with Gasteiger partial charge in [0.2, 0.25) is 0 Å². The van der Waals surface area contributed by atoms with Crippen molar-refractivity contribution in [1.82, 2.24) is 29.8 Å². The molecule has 2 bridgehead atoms. The van der Waals surface area contributed by atoms with Crippen LogP contribution in [0.5, 0.6) is 6.01 Å². The van der Waals surface area contributed by atoms with Crippen molar-refractivity contribution in [2.45, 2.75) is 70.3 Å². The summed E-state index contributed by atoms with van der Waals surface area (Å²) in [4.78, 5) is 37.6. The highest BCUT2D eigenvalue weighted by molar-refractivity contribution is 7.16. The second kappa shape index (κ2) is 11.0. The quantitative estimate of drug-likeness (QED) is 0.269. The van der Waals surface area contributed by atoms with Gasteiger partial charge in [0.25, 0.3) is 5.91 Å². The summed E-state index contributed by atoms with van der Waals surface area (Å²) in [6.45, 7) is 3.95. The van der Waals surface area contributed by atoms with E-state index in [0.29, 0.717) is 29.4 Å². The third-order valence-electron chi connectivity index (χ3n) is 7.28. The van der Waals surface area contributed by atoms with Gasteiger partial charge in [-0.25, -0.2) is 24.9 Å². The number of anilines is 2. The molecule has 0 saturated carbocycles. The summed E-state index contributed by atoms with van der Waals surface area (Å²) < 4.78 is 44.3. The number of amides is 1. The van der Waals surface area contributed by atoms with E-state index in [1.165, 1.54) is 11.3 Å². The van der Waals surface area contributed by atoms with Crippen LogP contribution in [0.25, 0.3) is 10.6 Å². The van der Waals surface area contributed by atoms with E-state index in [-0.39, 0.29) is 30.1 Å². The van der Waals surface area contributed by atoms with Crippen molar-refractivity contribution in [2.75, 3.05) is 5.32 Å². The smallest absolute Gasteiger partial charge is 0.419 e. The summed E-state index contributed by atoms with van der Waals surface area (Å²) in [5.41, 5.74) is 1.40. The number of rotatable bonds is 6. The van der Waals surface area contributed by atoms with Gasteiger partial charge in [-0.1, -0.05) is 0 Å². The number of pyridine rings is 1. The fourth-order valence-corrected chi connectivity index (χ4v) is 7.15. The second-order valence-electron chi connectivity index (χ2n) is 10.2. The number of piperidine rings is 2. The molecule has 2 saturated heterocycles. The van der Waals surface area contributed by atoms with Gasteiger partial charge in [0.15, 0.2) is 5.13 Å². The molecule has 1 unspecified atom stereocenters. The van der Waals surface area contributed by atoms with Crippen LogP contribution in [0, 0.1) is 13.8 Å². The normalized spacial score (nSPS) is 20.6. The van der Waals surface area contributed by atoms with Gasteiger partial charge in [-0.05, 0) is 45.2 Å². The highest BCUT2D eigenvalue weighted by Gasteiger charge is 2.42. The molecule has 6 heterocycles. The lowest BCUT2D eigenvalue weighted by Crippen LogP contribution is -2.56. The van der Waals surface area contributed by atoms with Gasteiger partial charge in [-0.15, -0.1) is 22.7 Å². The topological polar surface area (TPSA) is 106 Å². The number of hydrogen-bond donors (Lipinski definition) is 1. The summed E-state index contributed by atoms with van der Waals surface area (Å²) in [7, 11) is 0. The van der Waals surface area contributed by atoms with Gasteiger partial charge in [0, 0.05) is 48.9 Å². The van der Waals surface area contributed by atoms with Gasteiger partial charge in [0.1, 0.15) is 11.9 Å². The van der Waals surface area contributed by atoms with E-state index in [9.17, 15) is 18.0 Å². The minimum atomic E-state index is -4.50. The molecule has 14 heteroatoms. The highest BCUT2D eigenvalue weighted by Crippen LogP contribution is 2.37. The minimum absolute atomic E-state index is 0.0418. The Hall–Kier alpha value is -3.65. The Morgan fingerprint density at radius 1 is 1.05 bits per heavy atom. The van der Waals surface area contributed by atoms with Crippen molar-refractivity contribution >= 4 is 39.5 Å². The molecule has 2 aliphatic rings. The number of fused-ring (bicyclic) bond motifs is 2. The van der Waals surface area contributed by atoms with Crippen molar-refractivity contribution in [2.24, 2.45) is 0 Å². The third-order valence-corrected chi connectivity index (χ3v) is 9.13. The first-order chi connectivity index (χ1) is 19.6. The number of alkyl halides is 3. The van der Waals surface area contributed by atoms with Crippen LogP contribution in [-0.2, 0) is 6.18 Å². The van der Waals surface area contributed by atoms with E-state index >= 15 is 0 Å². The maximum atomic E-state index is 13.6. The summed E-state index contributed by atoms with van der Waals surface area (Å²) in [5, 5.41) is 6.89. The minimum Gasteiger partial charge on any atom is -0.460 e. The number of carbonyl (C=O) groups is 1. The number of nitrogens with zero attached hydrogens (tertiary/aromatic N) is 6. The Labute approximate surface area is 241 Å². The van der Waals surface area contributed by atoms with Gasteiger partial charge < -0.3 is 15.0 Å². The number of halogens is 3. The van der Waals surface area contributed by atoms with E-state index in [2.05, 4.69) is 30.2 Å². The molecule has 2 fully saturated rings. The van der Waals surface area contributed by atoms with Crippen LogP contribution < -0.4 is 10.1 Å². The van der Waals surface area contributed by atoms with Gasteiger partial charge >= 0.3 is 12.2 Å². The molecule has 0 aliphatic carbocycles. The predicted molar refractivity (Wildman–Crippen MR) is 148 cm³/mol. The average Bonchev–Trinajstić information content (AvgIpc) is 3.53. The second-order valence-corrected chi connectivity index (χ2v) is 12.2. The van der Waals surface area contributed by atoms with Crippen LogP contribution >= 0.6 is 22.7 Å². The zero-order chi connectivity index (χ0) is 28.7. The third kappa shape index (κ3) is 5.89. The van der Waals surface area contributed by atoms with Crippen molar-refractivity contribution in [3.8, 4) is 16.6 Å². The van der Waals surface area contributed by atoms with E-state index in [4.69, 9.17) is 4.74 Å². The zero-order valence-electron chi connectivity index (χ0n) is 22.2. The Bertz CT molecular complexity index is 1530. The van der Waals surface area contributed by atoms with Crippen molar-refractivity contribution < 1.29 is 22.7 Å². The molecular formula is C27H26F3N7O2S2. The average molecular weight is 602 g/mol. The van der Waals surface area contributed by atoms with Gasteiger partial charge in [0.05, 0.1) is 32.4 Å². The molecule has 0 radical (unpaired) electrons. The standard InChI is InChI=1S/C27H26F3N7O2S2/c1-14-23(41-15(2)34-14)21-13-40-26(35-21)36-22-7-6-16(10-31-22)24(38)37-18-4-3-5-19(37)9-20(8-18)39-25-32-11-17(12-33-25)27(28,29)30/h6-7,10-13,18-20H,3-5,8-9H2,1-2H3,(H,31,35,36)/t18-,19+,20?. The molecule has 4 aromatic rings. The molecule has 214 valence electrons. The molecule has 1 amide bonds. The highest BCUT2D eigenvalue weighted by atomic mass is 32.1. The Kier molecular flexibility index (Phi) is 7.36. The number of hydrogen-bond acceptors (Lipinski definition) is 10. The molecule has 0 spiro atoms. The lowest BCUT2D eigenvalue weighted by atomic mass is 9.82. The van der Waals surface area contributed by atoms with Crippen LogP contribution in [-0.4, -0.2) is 53.9 Å². The largest absolute Gasteiger partial charge is 0.460 e. The van der Waals surface area contributed by atoms with E-state index in [1.54, 1.807) is 29.7 Å². The van der Waals surface area contributed by atoms with E-state index in [1.807, 2.05) is 24.1 Å². The molecule has 6 rings (SSSR count). The number of ether oxygens (including phenoxy) is 1. The number of carbonyl (C=O) groups excluding carboxylic acids is 1. The first-order valence-corrected chi connectivity index (χ1v) is 14.8. The monoisotopic (exact) mass is 601 g/mol. The summed E-state index contributed by atoms with van der Waals surface area (Å²) >= 11 is 3.08. The van der Waals surface area contributed by atoms with Crippen molar-refractivity contribution in [3.05, 3.63) is 57.9 Å². The first-order valence-electron chi connectivity index (χ1n) is 13.2. The van der Waals surface area contributed by atoms with E-state index in [0.717, 1.165) is 52.9 Å². The molecule has 2 aliphatic heterocycles. The number of aryl methyl sites for hydroxylation is 2. The van der Waals surface area contributed by atoms with Gasteiger partial charge in [-0.3, -0.25) is 4.79 Å². The van der Waals surface area contributed by atoms with Crippen molar-refractivity contribution in [3.63, 3.8) is 0 Å². The summed E-state index contributed by atoms with van der Waals surface area (Å²) in [5.74, 6) is 0.499.